The Bertz CT molecular complexity index is 1200. The lowest BCUT2D eigenvalue weighted by atomic mass is 9.95. The molecule has 2 N–H and O–H groups in total. The number of aromatic hydroxyl groups is 1. The lowest BCUT2D eigenvalue weighted by molar-refractivity contribution is -0.140. The van der Waals surface area contributed by atoms with E-state index in [4.69, 9.17) is 4.74 Å². The minimum absolute atomic E-state index is 0.0232. The number of nitrogens with zero attached hydrogens (tertiary/aromatic N) is 2. The highest BCUT2D eigenvalue weighted by Gasteiger charge is 2.45. The number of phenols is 1. The van der Waals surface area contributed by atoms with Gasteiger partial charge in [-0.15, -0.1) is 0 Å². The highest BCUT2D eigenvalue weighted by atomic mass is 32.2. The minimum atomic E-state index is -3.69. The summed E-state index contributed by atoms with van der Waals surface area (Å²) in [5, 5.41) is 20.8. The maximum Gasteiger partial charge on any atom is 0.295 e. The van der Waals surface area contributed by atoms with E-state index in [2.05, 4.69) is 0 Å². The van der Waals surface area contributed by atoms with Crippen molar-refractivity contribution >= 4 is 27.5 Å². The van der Waals surface area contributed by atoms with Crippen molar-refractivity contribution in [2.24, 2.45) is 0 Å². The summed E-state index contributed by atoms with van der Waals surface area (Å²) >= 11 is 0. The van der Waals surface area contributed by atoms with Crippen molar-refractivity contribution in [3.8, 4) is 5.75 Å². The largest absolute Gasteiger partial charge is 0.508 e. The van der Waals surface area contributed by atoms with Gasteiger partial charge in [0, 0.05) is 38.9 Å². The molecule has 1 aliphatic rings. The van der Waals surface area contributed by atoms with Crippen LogP contribution in [0.25, 0.3) is 5.76 Å². The van der Waals surface area contributed by atoms with E-state index in [1.165, 1.54) is 52.7 Å². The number of hydrogen-bond donors (Lipinski definition) is 2. The first-order chi connectivity index (χ1) is 16.7. The Morgan fingerprint density at radius 1 is 1.03 bits per heavy atom. The summed E-state index contributed by atoms with van der Waals surface area (Å²) in [5.41, 5.74) is 0.654. The number of Topliss-reactive ketones (excluding diaryl/α,β-unsaturated/α-hetero) is 1. The fourth-order valence-electron chi connectivity index (χ4n) is 4.15. The van der Waals surface area contributed by atoms with Gasteiger partial charge in [-0.2, -0.15) is 4.31 Å². The van der Waals surface area contributed by atoms with Crippen LogP contribution in [0.2, 0.25) is 0 Å². The molecule has 0 aromatic heterocycles. The molecule has 3 rings (SSSR count). The van der Waals surface area contributed by atoms with Crippen molar-refractivity contribution in [2.75, 3.05) is 33.4 Å². The second kappa shape index (κ2) is 11.0. The highest BCUT2D eigenvalue weighted by molar-refractivity contribution is 7.89. The van der Waals surface area contributed by atoms with E-state index >= 15 is 0 Å². The summed E-state index contributed by atoms with van der Waals surface area (Å²) in [6.45, 7) is 4.74. The van der Waals surface area contributed by atoms with E-state index < -0.39 is 33.5 Å². The number of phenolic OH excluding ortho intramolecular Hbond substituents is 1. The number of sulfonamides is 1. The number of amides is 1. The van der Waals surface area contributed by atoms with Crippen LogP contribution in [0.4, 0.5) is 0 Å². The zero-order valence-corrected chi connectivity index (χ0v) is 20.8. The molecule has 10 heteroatoms. The fourth-order valence-corrected chi connectivity index (χ4v) is 5.60. The van der Waals surface area contributed by atoms with Crippen molar-refractivity contribution in [1.82, 2.24) is 9.21 Å². The monoisotopic (exact) mass is 502 g/mol. The Labute approximate surface area is 205 Å². The van der Waals surface area contributed by atoms with E-state index in [-0.39, 0.29) is 28.3 Å². The van der Waals surface area contributed by atoms with Crippen LogP contribution >= 0.6 is 0 Å². The molecule has 1 amide bonds. The Balaban J connectivity index is 2.07. The number of ether oxygens (including phenoxy) is 1. The van der Waals surface area contributed by atoms with Crippen LogP contribution in [-0.2, 0) is 24.3 Å². The van der Waals surface area contributed by atoms with Gasteiger partial charge < -0.3 is 19.8 Å². The predicted molar refractivity (Wildman–Crippen MR) is 130 cm³/mol. The van der Waals surface area contributed by atoms with Gasteiger partial charge in [-0.3, -0.25) is 9.59 Å². The van der Waals surface area contributed by atoms with Crippen molar-refractivity contribution in [1.29, 1.82) is 0 Å². The van der Waals surface area contributed by atoms with Crippen LogP contribution < -0.4 is 0 Å². The van der Waals surface area contributed by atoms with E-state index in [1.54, 1.807) is 26.0 Å². The smallest absolute Gasteiger partial charge is 0.295 e. The van der Waals surface area contributed by atoms with Gasteiger partial charge in [-0.05, 0) is 48.4 Å². The number of aliphatic hydroxyl groups excluding tert-OH is 1. The molecule has 188 valence electrons. The van der Waals surface area contributed by atoms with Crippen molar-refractivity contribution in [2.45, 2.75) is 31.2 Å². The second-order valence-electron chi connectivity index (χ2n) is 8.04. The van der Waals surface area contributed by atoms with Crippen LogP contribution in [0.1, 0.15) is 37.4 Å². The van der Waals surface area contributed by atoms with Gasteiger partial charge in [0.15, 0.2) is 0 Å². The fraction of sp³-hybridized carbons (Fsp3) is 0.360. The number of ketones is 1. The molecule has 0 aliphatic carbocycles. The summed E-state index contributed by atoms with van der Waals surface area (Å²) in [4.78, 5) is 27.3. The van der Waals surface area contributed by atoms with E-state index in [9.17, 15) is 28.2 Å². The van der Waals surface area contributed by atoms with Crippen molar-refractivity contribution in [3.63, 3.8) is 0 Å². The second-order valence-corrected chi connectivity index (χ2v) is 9.98. The number of benzene rings is 2. The van der Waals surface area contributed by atoms with E-state index in [0.717, 1.165) is 0 Å². The quantitative estimate of drug-likeness (QED) is 0.222. The zero-order valence-electron chi connectivity index (χ0n) is 20.0. The number of likely N-dealkylation sites (tertiary alicyclic amines) is 1. The first kappa shape index (κ1) is 26.4. The molecule has 1 fully saturated rings. The first-order valence-corrected chi connectivity index (χ1v) is 12.8. The summed E-state index contributed by atoms with van der Waals surface area (Å²) in [7, 11) is -2.15. The molecule has 0 bridgehead atoms. The van der Waals surface area contributed by atoms with Crippen LogP contribution in [-0.4, -0.2) is 72.9 Å². The molecule has 9 nitrogen and oxygen atoms in total. The molecule has 2 aromatic carbocycles. The molecule has 1 saturated heterocycles. The van der Waals surface area contributed by atoms with Gasteiger partial charge in [0.1, 0.15) is 11.5 Å². The number of aliphatic hydroxyl groups is 1. The number of rotatable bonds is 10. The van der Waals surface area contributed by atoms with E-state index in [1.807, 2.05) is 0 Å². The van der Waals surface area contributed by atoms with Crippen LogP contribution in [0, 0.1) is 0 Å². The topological polar surface area (TPSA) is 124 Å². The third-order valence-corrected chi connectivity index (χ3v) is 8.03. The Morgan fingerprint density at radius 2 is 1.63 bits per heavy atom. The molecular weight excluding hydrogens is 472 g/mol. The maximum absolute atomic E-state index is 13.0. The third-order valence-electron chi connectivity index (χ3n) is 5.97. The van der Waals surface area contributed by atoms with Gasteiger partial charge in [0.25, 0.3) is 11.7 Å². The van der Waals surface area contributed by atoms with Crippen molar-refractivity contribution in [3.05, 3.63) is 65.2 Å². The van der Waals surface area contributed by atoms with Crippen LogP contribution in [0.3, 0.4) is 0 Å². The summed E-state index contributed by atoms with van der Waals surface area (Å²) in [5.74, 6) is -1.96. The molecule has 0 unspecified atom stereocenters. The lowest BCUT2D eigenvalue weighted by Crippen LogP contribution is -2.31. The average Bonchev–Trinajstić information content (AvgIpc) is 3.10. The predicted octanol–water partition coefficient (Wildman–Crippen LogP) is 2.88. The van der Waals surface area contributed by atoms with Gasteiger partial charge in [-0.1, -0.05) is 26.0 Å². The van der Waals surface area contributed by atoms with E-state index in [0.29, 0.717) is 31.7 Å². The van der Waals surface area contributed by atoms with Gasteiger partial charge >= 0.3 is 0 Å². The average molecular weight is 503 g/mol. The van der Waals surface area contributed by atoms with Crippen molar-refractivity contribution < 1.29 is 33.0 Å². The minimum Gasteiger partial charge on any atom is -0.508 e. The summed E-state index contributed by atoms with van der Waals surface area (Å²) in [6.07, 6.45) is 0.482. The Morgan fingerprint density at radius 3 is 2.17 bits per heavy atom. The summed E-state index contributed by atoms with van der Waals surface area (Å²) in [6, 6.07) is 10.8. The standard InChI is InChI=1S/C25H30N2O7S/c1-4-26(5-2)35(32,33)20-13-9-18(10-14-20)23(29)21-22(17-7-11-19(28)12-8-17)27(15-6-16-34-3)25(31)24(21)30/h7-14,22,28-29H,4-6,15-16H2,1-3H3/t22-/m0/s1. The maximum atomic E-state index is 13.0. The Hall–Kier alpha value is -3.21. The van der Waals surface area contributed by atoms with Crippen LogP contribution in [0.5, 0.6) is 5.75 Å². The summed E-state index contributed by atoms with van der Waals surface area (Å²) < 4.78 is 31.9. The molecule has 1 heterocycles. The third kappa shape index (κ3) is 5.24. The Kier molecular flexibility index (Phi) is 8.31. The molecular formula is C25H30N2O7S. The molecule has 0 radical (unpaired) electrons. The SMILES string of the molecule is CCN(CC)S(=O)(=O)c1ccc(C(O)=C2C(=O)C(=O)N(CCCOC)[C@H]2c2ccc(O)cc2)cc1. The molecule has 0 saturated carbocycles. The highest BCUT2D eigenvalue weighted by Crippen LogP contribution is 2.40. The van der Waals surface area contributed by atoms with Gasteiger partial charge in [0.05, 0.1) is 16.5 Å². The van der Waals surface area contributed by atoms with Gasteiger partial charge in [-0.25, -0.2) is 8.42 Å². The lowest BCUT2D eigenvalue weighted by Gasteiger charge is -2.25. The van der Waals surface area contributed by atoms with Crippen LogP contribution in [0.15, 0.2) is 59.0 Å². The molecule has 1 aliphatic heterocycles. The normalized spacial score (nSPS) is 17.9. The molecule has 0 spiro atoms. The number of methoxy groups -OCH3 is 1. The number of hydrogen-bond acceptors (Lipinski definition) is 7. The molecule has 35 heavy (non-hydrogen) atoms. The first-order valence-electron chi connectivity index (χ1n) is 11.3. The van der Waals surface area contributed by atoms with Gasteiger partial charge in [0.2, 0.25) is 10.0 Å². The number of carbonyl (C=O) groups excluding carboxylic acids is 2. The number of carbonyl (C=O) groups is 2. The molecule has 1 atom stereocenters. The zero-order chi connectivity index (χ0) is 25.8. The molecule has 2 aromatic rings.